The minimum Gasteiger partial charge on any atom is -0.444 e. The Morgan fingerprint density at radius 1 is 1.32 bits per heavy atom. The molecule has 1 N–H and O–H groups in total. The van der Waals surface area contributed by atoms with E-state index in [1.165, 1.54) is 0 Å². The molecular formula is C14H24N2O3. The number of nitrogens with one attached hydrogen (secondary N) is 1. The topological polar surface area (TPSA) is 58.6 Å². The first-order chi connectivity index (χ1) is 8.80. The fraction of sp³-hybridized carbons (Fsp3) is 0.857. The number of hydrogen-bond donors (Lipinski definition) is 1. The van der Waals surface area contributed by atoms with Gasteiger partial charge >= 0.3 is 6.09 Å². The van der Waals surface area contributed by atoms with Gasteiger partial charge in [0.1, 0.15) is 11.4 Å². The predicted octanol–water partition coefficient (Wildman–Crippen LogP) is 1.71. The summed E-state index contributed by atoms with van der Waals surface area (Å²) < 4.78 is 5.37. The zero-order valence-corrected chi connectivity index (χ0v) is 12.1. The summed E-state index contributed by atoms with van der Waals surface area (Å²) in [6, 6.07) is 0. The molecule has 2 rings (SSSR count). The molecule has 2 heterocycles. The standard InChI is InChI=1S/C14H24N2O3/c1-13(2,3)19-12(18)16-8-5-14(6-9-16)10-11(17)4-7-15-14/h15H,4-10H2,1-3H3. The van der Waals surface area contributed by atoms with Gasteiger partial charge in [-0.05, 0) is 33.6 Å². The van der Waals surface area contributed by atoms with Crippen molar-refractivity contribution in [2.24, 2.45) is 0 Å². The Bertz CT molecular complexity index is 365. The highest BCUT2D eigenvalue weighted by Crippen LogP contribution is 2.29. The maximum atomic E-state index is 12.0. The summed E-state index contributed by atoms with van der Waals surface area (Å²) in [6.07, 6.45) is 2.66. The maximum absolute atomic E-state index is 12.0. The molecule has 19 heavy (non-hydrogen) atoms. The molecule has 2 saturated heterocycles. The summed E-state index contributed by atoms with van der Waals surface area (Å²) in [4.78, 5) is 25.3. The van der Waals surface area contributed by atoms with Crippen molar-refractivity contribution in [1.29, 1.82) is 0 Å². The Balaban J connectivity index is 1.88. The van der Waals surface area contributed by atoms with E-state index in [1.54, 1.807) is 4.90 Å². The molecule has 1 spiro atoms. The molecule has 2 aliphatic rings. The summed E-state index contributed by atoms with van der Waals surface area (Å²) in [5.74, 6) is 0.337. The molecule has 1 amide bonds. The van der Waals surface area contributed by atoms with Gasteiger partial charge in [0.2, 0.25) is 0 Å². The van der Waals surface area contributed by atoms with E-state index < -0.39 is 5.60 Å². The monoisotopic (exact) mass is 268 g/mol. The van der Waals surface area contributed by atoms with Crippen LogP contribution in [0.25, 0.3) is 0 Å². The molecule has 108 valence electrons. The van der Waals surface area contributed by atoms with E-state index in [1.807, 2.05) is 20.8 Å². The van der Waals surface area contributed by atoms with Crippen molar-refractivity contribution in [3.05, 3.63) is 0 Å². The van der Waals surface area contributed by atoms with Crippen LogP contribution in [0.1, 0.15) is 46.5 Å². The highest BCUT2D eigenvalue weighted by molar-refractivity contribution is 5.80. The summed E-state index contributed by atoms with van der Waals surface area (Å²) in [5, 5.41) is 3.47. The molecule has 0 atom stereocenters. The fourth-order valence-corrected chi connectivity index (χ4v) is 2.79. The van der Waals surface area contributed by atoms with Gasteiger partial charge in [0.25, 0.3) is 0 Å². The van der Waals surface area contributed by atoms with E-state index in [0.29, 0.717) is 31.7 Å². The van der Waals surface area contributed by atoms with Crippen molar-refractivity contribution in [1.82, 2.24) is 10.2 Å². The number of hydrogen-bond acceptors (Lipinski definition) is 4. The van der Waals surface area contributed by atoms with Crippen LogP contribution in [0, 0.1) is 0 Å². The average molecular weight is 268 g/mol. The van der Waals surface area contributed by atoms with Gasteiger partial charge in [-0.1, -0.05) is 0 Å². The second-order valence-corrected chi connectivity index (χ2v) is 6.64. The van der Waals surface area contributed by atoms with Crippen LogP contribution in [0.2, 0.25) is 0 Å². The van der Waals surface area contributed by atoms with Gasteiger partial charge in [-0.15, -0.1) is 0 Å². The number of likely N-dealkylation sites (tertiary alicyclic amines) is 1. The molecule has 5 heteroatoms. The lowest BCUT2D eigenvalue weighted by Crippen LogP contribution is -2.58. The van der Waals surface area contributed by atoms with E-state index in [4.69, 9.17) is 4.74 Å². The number of nitrogens with zero attached hydrogens (tertiary/aromatic N) is 1. The van der Waals surface area contributed by atoms with Gasteiger partial charge in [0.05, 0.1) is 0 Å². The zero-order chi connectivity index (χ0) is 14.1. The lowest BCUT2D eigenvalue weighted by atomic mass is 9.80. The summed E-state index contributed by atoms with van der Waals surface area (Å²) in [5.41, 5.74) is -0.529. The van der Waals surface area contributed by atoms with Gasteiger partial charge in [0.15, 0.2) is 0 Å². The third-order valence-electron chi connectivity index (χ3n) is 3.81. The van der Waals surface area contributed by atoms with E-state index in [9.17, 15) is 9.59 Å². The van der Waals surface area contributed by atoms with Crippen LogP contribution in [0.3, 0.4) is 0 Å². The Labute approximate surface area is 114 Å². The Morgan fingerprint density at radius 3 is 2.47 bits per heavy atom. The minimum absolute atomic E-state index is 0.0755. The van der Waals surface area contributed by atoms with Crippen LogP contribution in [-0.4, -0.2) is 47.6 Å². The second kappa shape index (κ2) is 5.12. The molecule has 0 aliphatic carbocycles. The SMILES string of the molecule is CC(C)(C)OC(=O)N1CCC2(CC1)CC(=O)CCN2. The number of carbonyl (C=O) groups is 2. The molecule has 0 saturated carbocycles. The van der Waals surface area contributed by atoms with Crippen molar-refractivity contribution in [2.45, 2.75) is 57.6 Å². The lowest BCUT2D eigenvalue weighted by Gasteiger charge is -2.44. The molecule has 2 fully saturated rings. The molecule has 0 aromatic carbocycles. The average Bonchev–Trinajstić information content (AvgIpc) is 2.27. The van der Waals surface area contributed by atoms with Crippen molar-refractivity contribution in [2.75, 3.05) is 19.6 Å². The largest absolute Gasteiger partial charge is 0.444 e. The van der Waals surface area contributed by atoms with Gasteiger partial charge in [-0.3, -0.25) is 4.79 Å². The second-order valence-electron chi connectivity index (χ2n) is 6.64. The maximum Gasteiger partial charge on any atom is 0.410 e. The first-order valence-electron chi connectivity index (χ1n) is 7.04. The van der Waals surface area contributed by atoms with E-state index in [2.05, 4.69) is 5.32 Å². The summed E-state index contributed by atoms with van der Waals surface area (Å²) >= 11 is 0. The molecule has 5 nitrogen and oxygen atoms in total. The van der Waals surface area contributed by atoms with Crippen LogP contribution >= 0.6 is 0 Å². The van der Waals surface area contributed by atoms with E-state index in [-0.39, 0.29) is 11.6 Å². The van der Waals surface area contributed by atoms with Crippen molar-refractivity contribution < 1.29 is 14.3 Å². The van der Waals surface area contributed by atoms with Crippen LogP contribution in [0.4, 0.5) is 4.79 Å². The Hall–Kier alpha value is -1.10. The number of carbonyl (C=O) groups excluding carboxylic acids is 2. The smallest absolute Gasteiger partial charge is 0.410 e. The molecule has 0 radical (unpaired) electrons. The lowest BCUT2D eigenvalue weighted by molar-refractivity contribution is -0.122. The van der Waals surface area contributed by atoms with Crippen molar-refractivity contribution in [3.8, 4) is 0 Å². The number of rotatable bonds is 0. The number of piperidine rings is 2. The van der Waals surface area contributed by atoms with Gasteiger partial charge < -0.3 is 15.0 Å². The number of ketones is 1. The molecule has 0 aromatic heterocycles. The zero-order valence-electron chi connectivity index (χ0n) is 12.1. The van der Waals surface area contributed by atoms with Crippen molar-refractivity contribution in [3.63, 3.8) is 0 Å². The first-order valence-corrected chi connectivity index (χ1v) is 7.04. The van der Waals surface area contributed by atoms with Crippen LogP contribution in [-0.2, 0) is 9.53 Å². The summed E-state index contributed by atoms with van der Waals surface area (Å²) in [6.45, 7) is 7.71. The van der Waals surface area contributed by atoms with Crippen molar-refractivity contribution >= 4 is 11.9 Å². The Morgan fingerprint density at radius 2 is 1.95 bits per heavy atom. The normalized spacial score (nSPS) is 23.5. The molecule has 2 aliphatic heterocycles. The third-order valence-corrected chi connectivity index (χ3v) is 3.81. The third kappa shape index (κ3) is 3.69. The van der Waals surface area contributed by atoms with E-state index in [0.717, 1.165) is 19.4 Å². The minimum atomic E-state index is -0.453. The quantitative estimate of drug-likeness (QED) is 0.726. The number of ether oxygens (including phenoxy) is 1. The molecule has 0 unspecified atom stereocenters. The summed E-state index contributed by atoms with van der Waals surface area (Å²) in [7, 11) is 0. The van der Waals surface area contributed by atoms with Gasteiger partial charge in [-0.2, -0.15) is 0 Å². The highest BCUT2D eigenvalue weighted by Gasteiger charge is 2.39. The highest BCUT2D eigenvalue weighted by atomic mass is 16.6. The number of amides is 1. The predicted molar refractivity (Wildman–Crippen MR) is 72.0 cm³/mol. The number of Topliss-reactive ketones (excluding diaryl/α,β-unsaturated/α-hetero) is 1. The Kier molecular flexibility index (Phi) is 3.85. The van der Waals surface area contributed by atoms with Gasteiger partial charge in [0, 0.05) is 38.0 Å². The molecule has 0 bridgehead atoms. The van der Waals surface area contributed by atoms with E-state index >= 15 is 0 Å². The fourth-order valence-electron chi connectivity index (χ4n) is 2.79. The van der Waals surface area contributed by atoms with Crippen LogP contribution < -0.4 is 5.32 Å². The van der Waals surface area contributed by atoms with Gasteiger partial charge in [-0.25, -0.2) is 4.79 Å². The first kappa shape index (κ1) is 14.3. The van der Waals surface area contributed by atoms with Crippen LogP contribution in [0.15, 0.2) is 0 Å². The molecular weight excluding hydrogens is 244 g/mol. The molecule has 0 aromatic rings. The van der Waals surface area contributed by atoms with Crippen LogP contribution in [0.5, 0.6) is 0 Å².